The highest BCUT2D eigenvalue weighted by molar-refractivity contribution is 8.14. The molecular weight excluding hydrogens is 238 g/mol. The van der Waals surface area contributed by atoms with Gasteiger partial charge in [-0.1, -0.05) is 18.7 Å². The van der Waals surface area contributed by atoms with Crippen LogP contribution in [0.2, 0.25) is 0 Å². The fraction of sp³-hybridized carbons (Fsp3) is 0.636. The summed E-state index contributed by atoms with van der Waals surface area (Å²) in [6, 6.07) is 0. The average molecular weight is 255 g/mol. The van der Waals surface area contributed by atoms with Crippen molar-refractivity contribution in [1.29, 1.82) is 0 Å². The van der Waals surface area contributed by atoms with Gasteiger partial charge in [0.2, 0.25) is 0 Å². The molecule has 1 aromatic rings. The Morgan fingerprint density at radius 2 is 2.38 bits per heavy atom. The lowest BCUT2D eigenvalue weighted by Gasteiger charge is -2.15. The van der Waals surface area contributed by atoms with Crippen LogP contribution in [0.4, 0.5) is 0 Å². The smallest absolute Gasteiger partial charge is 0.157 e. The zero-order valence-corrected chi connectivity index (χ0v) is 11.5. The van der Waals surface area contributed by atoms with Gasteiger partial charge in [0.25, 0.3) is 0 Å². The van der Waals surface area contributed by atoms with Gasteiger partial charge in [0, 0.05) is 22.4 Å². The second kappa shape index (κ2) is 4.75. The number of aromatic nitrogens is 1. The Morgan fingerprint density at radius 3 is 2.94 bits per heavy atom. The number of aryl methyl sites for hydroxylation is 1. The van der Waals surface area contributed by atoms with Crippen LogP contribution in [0.15, 0.2) is 11.2 Å². The summed E-state index contributed by atoms with van der Waals surface area (Å²) in [6.07, 6.45) is 3.02. The number of rotatable bonds is 3. The van der Waals surface area contributed by atoms with E-state index in [2.05, 4.69) is 36.1 Å². The van der Waals surface area contributed by atoms with E-state index in [9.17, 15) is 0 Å². The van der Waals surface area contributed by atoms with E-state index in [-0.39, 0.29) is 5.54 Å². The summed E-state index contributed by atoms with van der Waals surface area (Å²) in [4.78, 5) is 10.2. The van der Waals surface area contributed by atoms with Crippen LogP contribution in [0, 0.1) is 0 Å². The van der Waals surface area contributed by atoms with Crippen molar-refractivity contribution >= 4 is 28.3 Å². The highest BCUT2D eigenvalue weighted by Gasteiger charge is 2.27. The summed E-state index contributed by atoms with van der Waals surface area (Å²) in [6.45, 7) is 7.25. The van der Waals surface area contributed by atoms with Gasteiger partial charge in [0.1, 0.15) is 5.01 Å². The van der Waals surface area contributed by atoms with E-state index in [1.807, 2.05) is 6.20 Å². The molecule has 1 aliphatic heterocycles. The zero-order chi connectivity index (χ0) is 11.6. The summed E-state index contributed by atoms with van der Waals surface area (Å²) in [5.74, 6) is 1.09. The van der Waals surface area contributed by atoms with E-state index in [4.69, 9.17) is 0 Å². The Balaban J connectivity index is 1.94. The van der Waals surface area contributed by atoms with Crippen molar-refractivity contribution in [3.05, 3.63) is 16.1 Å². The number of aliphatic imine (C=N–C) groups is 1. The molecule has 1 aliphatic rings. The van der Waals surface area contributed by atoms with Crippen molar-refractivity contribution in [1.82, 2.24) is 10.3 Å². The normalized spacial score (nSPS) is 21.3. The Kier molecular flexibility index (Phi) is 3.54. The lowest BCUT2D eigenvalue weighted by molar-refractivity contribution is 0.536. The first kappa shape index (κ1) is 11.9. The van der Waals surface area contributed by atoms with E-state index >= 15 is 0 Å². The maximum absolute atomic E-state index is 4.55. The molecule has 0 bridgehead atoms. The molecule has 0 spiro atoms. The van der Waals surface area contributed by atoms with Gasteiger partial charge in [0.05, 0.1) is 6.54 Å². The van der Waals surface area contributed by atoms with Crippen molar-refractivity contribution in [2.24, 2.45) is 4.99 Å². The minimum atomic E-state index is 0.182. The Labute approximate surface area is 105 Å². The standard InChI is InChI=1S/C11H17N3S2/c1-4-8-5-12-9(16-8)6-13-10-14-11(2,3)7-15-10/h5H,4,6-7H2,1-3H3,(H,13,14). The molecule has 0 aromatic carbocycles. The lowest BCUT2D eigenvalue weighted by Crippen LogP contribution is -2.36. The first-order valence-electron chi connectivity index (χ1n) is 5.48. The van der Waals surface area contributed by atoms with Gasteiger partial charge >= 0.3 is 0 Å². The summed E-state index contributed by atoms with van der Waals surface area (Å²) >= 11 is 3.56. The van der Waals surface area contributed by atoms with Gasteiger partial charge in [-0.05, 0) is 20.3 Å². The van der Waals surface area contributed by atoms with Crippen LogP contribution < -0.4 is 5.32 Å². The Hall–Kier alpha value is -0.550. The molecule has 0 atom stereocenters. The van der Waals surface area contributed by atoms with Crippen LogP contribution in [0.5, 0.6) is 0 Å². The van der Waals surface area contributed by atoms with Crippen LogP contribution in [0.25, 0.3) is 0 Å². The number of hydrogen-bond acceptors (Lipinski definition) is 4. The molecule has 5 heteroatoms. The Morgan fingerprint density at radius 1 is 1.56 bits per heavy atom. The van der Waals surface area contributed by atoms with E-state index in [0.717, 1.165) is 22.3 Å². The minimum Gasteiger partial charge on any atom is -0.359 e. The molecule has 16 heavy (non-hydrogen) atoms. The topological polar surface area (TPSA) is 37.3 Å². The monoisotopic (exact) mass is 255 g/mol. The van der Waals surface area contributed by atoms with Gasteiger partial charge in [-0.2, -0.15) is 0 Å². The third kappa shape index (κ3) is 2.98. The molecule has 0 unspecified atom stereocenters. The molecule has 2 rings (SSSR count). The lowest BCUT2D eigenvalue weighted by atomic mass is 10.1. The highest BCUT2D eigenvalue weighted by atomic mass is 32.2. The second-order valence-corrected chi connectivity index (χ2v) is 6.66. The molecule has 0 aliphatic carbocycles. The second-order valence-electron chi connectivity index (χ2n) is 4.49. The first-order valence-corrected chi connectivity index (χ1v) is 7.28. The molecule has 1 aromatic heterocycles. The quantitative estimate of drug-likeness (QED) is 0.902. The molecule has 0 radical (unpaired) electrons. The predicted molar refractivity (Wildman–Crippen MR) is 72.3 cm³/mol. The number of nitrogens with zero attached hydrogens (tertiary/aromatic N) is 2. The molecule has 0 saturated carbocycles. The fourth-order valence-corrected chi connectivity index (χ4v) is 3.28. The van der Waals surface area contributed by atoms with Gasteiger partial charge in [-0.15, -0.1) is 11.3 Å². The summed E-state index contributed by atoms with van der Waals surface area (Å²) in [5.41, 5.74) is 0.182. The number of nitrogens with one attached hydrogen (secondary N) is 1. The van der Waals surface area contributed by atoms with E-state index in [1.54, 1.807) is 23.1 Å². The first-order chi connectivity index (χ1) is 7.59. The third-order valence-electron chi connectivity index (χ3n) is 2.32. The van der Waals surface area contributed by atoms with Crippen LogP contribution in [-0.4, -0.2) is 21.4 Å². The van der Waals surface area contributed by atoms with Crippen LogP contribution in [-0.2, 0) is 13.0 Å². The molecule has 1 saturated heterocycles. The summed E-state index contributed by atoms with van der Waals surface area (Å²) in [5, 5.41) is 5.57. The van der Waals surface area contributed by atoms with Crippen molar-refractivity contribution in [2.45, 2.75) is 39.3 Å². The number of thiazole rings is 1. The van der Waals surface area contributed by atoms with Gasteiger partial charge < -0.3 is 5.32 Å². The number of amidine groups is 1. The molecule has 88 valence electrons. The van der Waals surface area contributed by atoms with Crippen LogP contribution >= 0.6 is 23.1 Å². The molecule has 0 amide bonds. The van der Waals surface area contributed by atoms with Crippen molar-refractivity contribution < 1.29 is 0 Å². The van der Waals surface area contributed by atoms with E-state index < -0.39 is 0 Å². The third-order valence-corrected chi connectivity index (χ3v) is 4.82. The van der Waals surface area contributed by atoms with Crippen molar-refractivity contribution in [3.8, 4) is 0 Å². The van der Waals surface area contributed by atoms with E-state index in [1.165, 1.54) is 4.88 Å². The maximum Gasteiger partial charge on any atom is 0.157 e. The summed E-state index contributed by atoms with van der Waals surface area (Å²) < 4.78 is 0. The van der Waals surface area contributed by atoms with Crippen LogP contribution in [0.3, 0.4) is 0 Å². The molecule has 1 N–H and O–H groups in total. The Bertz CT molecular complexity index is 396. The molecule has 2 heterocycles. The SMILES string of the molecule is CCc1cnc(CN=C2NC(C)(C)CS2)s1. The summed E-state index contributed by atoms with van der Waals surface area (Å²) in [7, 11) is 0. The predicted octanol–water partition coefficient (Wildman–Crippen LogP) is 2.68. The molecule has 3 nitrogen and oxygen atoms in total. The van der Waals surface area contributed by atoms with E-state index in [0.29, 0.717) is 6.54 Å². The average Bonchev–Trinajstić information content (AvgIpc) is 2.81. The number of hydrogen-bond donors (Lipinski definition) is 1. The maximum atomic E-state index is 4.55. The van der Waals surface area contributed by atoms with Gasteiger partial charge in [-0.25, -0.2) is 4.98 Å². The number of thioether (sulfide) groups is 1. The largest absolute Gasteiger partial charge is 0.359 e. The highest BCUT2D eigenvalue weighted by Crippen LogP contribution is 2.23. The molecular formula is C11H17N3S2. The van der Waals surface area contributed by atoms with Crippen molar-refractivity contribution in [2.75, 3.05) is 5.75 Å². The molecule has 1 fully saturated rings. The zero-order valence-electron chi connectivity index (χ0n) is 9.91. The van der Waals surface area contributed by atoms with Crippen molar-refractivity contribution in [3.63, 3.8) is 0 Å². The minimum absolute atomic E-state index is 0.182. The van der Waals surface area contributed by atoms with Crippen LogP contribution in [0.1, 0.15) is 30.7 Å². The van der Waals surface area contributed by atoms with Gasteiger partial charge in [-0.3, -0.25) is 4.99 Å². The van der Waals surface area contributed by atoms with Gasteiger partial charge in [0.15, 0.2) is 5.17 Å². The fourth-order valence-electron chi connectivity index (χ4n) is 1.42.